The van der Waals surface area contributed by atoms with E-state index in [9.17, 15) is 4.79 Å². The number of ether oxygens (including phenoxy) is 1. The van der Waals surface area contributed by atoms with Gasteiger partial charge in [0.05, 0.1) is 12.1 Å². The van der Waals surface area contributed by atoms with Gasteiger partial charge in [-0.2, -0.15) is 0 Å². The van der Waals surface area contributed by atoms with Crippen molar-refractivity contribution in [2.75, 3.05) is 6.54 Å². The van der Waals surface area contributed by atoms with Crippen molar-refractivity contribution in [1.82, 2.24) is 20.1 Å². The second-order valence-electron chi connectivity index (χ2n) is 4.59. The van der Waals surface area contributed by atoms with Crippen LogP contribution in [0, 0.1) is 0 Å². The zero-order valence-corrected chi connectivity index (χ0v) is 10.7. The van der Waals surface area contributed by atoms with Gasteiger partial charge < -0.3 is 20.4 Å². The van der Waals surface area contributed by atoms with Crippen molar-refractivity contribution >= 4 is 5.91 Å². The van der Waals surface area contributed by atoms with Gasteiger partial charge in [0.2, 0.25) is 5.91 Å². The molecule has 2 heterocycles. The smallest absolute Gasteiger partial charge is 0.249 e. The van der Waals surface area contributed by atoms with Gasteiger partial charge in [0.1, 0.15) is 12.4 Å². The molecule has 0 spiro atoms. The highest BCUT2D eigenvalue weighted by Crippen LogP contribution is 2.20. The molecule has 18 heavy (non-hydrogen) atoms. The molecule has 100 valence electrons. The molecule has 0 aliphatic carbocycles. The Hall–Kier alpha value is -1.47. The summed E-state index contributed by atoms with van der Waals surface area (Å²) in [5.74, 6) is 0.609. The van der Waals surface area contributed by atoms with Gasteiger partial charge in [-0.25, -0.2) is 0 Å². The topological polar surface area (TPSA) is 95.1 Å². The highest BCUT2D eigenvalue weighted by Gasteiger charge is 2.30. The summed E-state index contributed by atoms with van der Waals surface area (Å²) in [6.45, 7) is 2.33. The Morgan fingerprint density at radius 1 is 1.72 bits per heavy atom. The summed E-state index contributed by atoms with van der Waals surface area (Å²) in [4.78, 5) is 12.0. The first-order valence-electron chi connectivity index (χ1n) is 6.11. The summed E-state index contributed by atoms with van der Waals surface area (Å²) < 4.78 is 7.32. The van der Waals surface area contributed by atoms with Gasteiger partial charge in [-0.3, -0.25) is 4.79 Å². The van der Waals surface area contributed by atoms with E-state index in [1.807, 2.05) is 14.0 Å². The Morgan fingerprint density at radius 3 is 3.06 bits per heavy atom. The summed E-state index contributed by atoms with van der Waals surface area (Å²) in [6.07, 6.45) is 2.78. The number of nitrogens with zero attached hydrogens (tertiary/aromatic N) is 3. The molecule has 7 heteroatoms. The third-order valence-electron chi connectivity index (χ3n) is 3.16. The van der Waals surface area contributed by atoms with E-state index < -0.39 is 6.10 Å². The van der Waals surface area contributed by atoms with Gasteiger partial charge in [-0.05, 0) is 19.8 Å². The molecule has 1 amide bonds. The van der Waals surface area contributed by atoms with E-state index in [-0.39, 0.29) is 18.1 Å². The highest BCUT2D eigenvalue weighted by atomic mass is 16.5. The van der Waals surface area contributed by atoms with Gasteiger partial charge in [0, 0.05) is 13.6 Å². The predicted octanol–water partition coefficient (Wildman–Crippen LogP) is -0.501. The van der Waals surface area contributed by atoms with Crippen LogP contribution >= 0.6 is 0 Å². The number of nitrogens with one attached hydrogen (secondary N) is 1. The van der Waals surface area contributed by atoms with Crippen molar-refractivity contribution in [2.24, 2.45) is 12.8 Å². The molecule has 7 nitrogen and oxygen atoms in total. The summed E-state index contributed by atoms with van der Waals surface area (Å²) in [5.41, 5.74) is 5.52. The molecule has 0 radical (unpaired) electrons. The van der Waals surface area contributed by atoms with Crippen LogP contribution in [0.3, 0.4) is 0 Å². The Kier molecular flexibility index (Phi) is 3.93. The number of rotatable bonds is 4. The maximum atomic E-state index is 12.0. The molecular weight excluding hydrogens is 234 g/mol. The standard InChI is InChI=1S/C11H19N5O2/c1-7(10-15-13-6-16(10)2)14-11(17)9-4-3-8(5-12)18-9/h6-9H,3-5,12H2,1-2H3,(H,14,17). The van der Waals surface area contributed by atoms with Crippen LogP contribution in [-0.4, -0.2) is 39.4 Å². The third kappa shape index (κ3) is 2.68. The number of carbonyl (C=O) groups excluding carboxylic acids is 1. The van der Waals surface area contributed by atoms with E-state index in [0.29, 0.717) is 6.54 Å². The van der Waals surface area contributed by atoms with Gasteiger partial charge in [-0.15, -0.1) is 10.2 Å². The third-order valence-corrected chi connectivity index (χ3v) is 3.16. The molecule has 3 atom stereocenters. The first kappa shape index (κ1) is 13.0. The molecule has 3 N–H and O–H groups in total. The monoisotopic (exact) mass is 253 g/mol. The van der Waals surface area contributed by atoms with Crippen LogP contribution in [0.5, 0.6) is 0 Å². The normalized spacial score (nSPS) is 25.1. The number of aromatic nitrogens is 3. The molecule has 1 aromatic rings. The lowest BCUT2D eigenvalue weighted by atomic mass is 10.2. The van der Waals surface area contributed by atoms with Crippen LogP contribution in [0.15, 0.2) is 6.33 Å². The summed E-state index contributed by atoms with van der Waals surface area (Å²) in [6, 6.07) is -0.189. The molecule has 3 unspecified atom stereocenters. The Morgan fingerprint density at radius 2 is 2.50 bits per heavy atom. The predicted molar refractivity (Wildman–Crippen MR) is 64.5 cm³/mol. The number of nitrogens with two attached hydrogens (primary N) is 1. The van der Waals surface area contributed by atoms with Crippen molar-refractivity contribution in [3.63, 3.8) is 0 Å². The molecule has 1 saturated heterocycles. The van der Waals surface area contributed by atoms with Gasteiger partial charge in [0.25, 0.3) is 0 Å². The molecular formula is C11H19N5O2. The van der Waals surface area contributed by atoms with E-state index in [4.69, 9.17) is 10.5 Å². The molecule has 2 rings (SSSR count). The molecule has 1 aliphatic rings. The van der Waals surface area contributed by atoms with Gasteiger partial charge >= 0.3 is 0 Å². The van der Waals surface area contributed by atoms with E-state index in [0.717, 1.165) is 18.7 Å². The number of carbonyl (C=O) groups is 1. The van der Waals surface area contributed by atoms with Crippen LogP contribution in [0.2, 0.25) is 0 Å². The Labute approximate surface area is 106 Å². The van der Waals surface area contributed by atoms with Gasteiger partial charge in [0.15, 0.2) is 5.82 Å². The van der Waals surface area contributed by atoms with E-state index in [2.05, 4.69) is 15.5 Å². The Bertz CT molecular complexity index is 419. The van der Waals surface area contributed by atoms with Crippen molar-refractivity contribution in [1.29, 1.82) is 0 Å². The number of hydrogen-bond donors (Lipinski definition) is 2. The molecule has 0 bridgehead atoms. The maximum absolute atomic E-state index is 12.0. The van der Waals surface area contributed by atoms with Crippen LogP contribution in [-0.2, 0) is 16.6 Å². The van der Waals surface area contributed by atoms with Crippen LogP contribution in [0.25, 0.3) is 0 Å². The SMILES string of the molecule is CC(NC(=O)C1CCC(CN)O1)c1nncn1C. The molecule has 0 aromatic carbocycles. The Balaban J connectivity index is 1.90. The lowest BCUT2D eigenvalue weighted by Gasteiger charge is -2.16. The maximum Gasteiger partial charge on any atom is 0.249 e. The molecule has 1 aliphatic heterocycles. The van der Waals surface area contributed by atoms with Crippen molar-refractivity contribution in [2.45, 2.75) is 38.0 Å². The fraction of sp³-hybridized carbons (Fsp3) is 0.727. The first-order chi connectivity index (χ1) is 8.61. The molecule has 0 saturated carbocycles. The largest absolute Gasteiger partial charge is 0.364 e. The minimum atomic E-state index is -0.394. The number of hydrogen-bond acceptors (Lipinski definition) is 5. The lowest BCUT2D eigenvalue weighted by Crippen LogP contribution is -2.37. The summed E-state index contributed by atoms with van der Waals surface area (Å²) >= 11 is 0. The number of amides is 1. The quantitative estimate of drug-likeness (QED) is 0.754. The fourth-order valence-electron chi connectivity index (χ4n) is 2.13. The van der Waals surface area contributed by atoms with E-state index >= 15 is 0 Å². The minimum Gasteiger partial charge on any atom is -0.364 e. The average Bonchev–Trinajstić information content (AvgIpc) is 2.96. The first-order valence-corrected chi connectivity index (χ1v) is 6.11. The lowest BCUT2D eigenvalue weighted by molar-refractivity contribution is -0.132. The van der Waals surface area contributed by atoms with Gasteiger partial charge in [-0.1, -0.05) is 0 Å². The van der Waals surface area contributed by atoms with Crippen molar-refractivity contribution < 1.29 is 9.53 Å². The zero-order valence-electron chi connectivity index (χ0n) is 10.7. The summed E-state index contributed by atoms with van der Waals surface area (Å²) in [7, 11) is 1.84. The highest BCUT2D eigenvalue weighted by molar-refractivity contribution is 5.81. The number of aryl methyl sites for hydroxylation is 1. The summed E-state index contributed by atoms with van der Waals surface area (Å²) in [5, 5.41) is 10.6. The molecule has 1 aromatic heterocycles. The van der Waals surface area contributed by atoms with E-state index in [1.165, 1.54) is 0 Å². The average molecular weight is 253 g/mol. The van der Waals surface area contributed by atoms with Crippen molar-refractivity contribution in [3.8, 4) is 0 Å². The molecule has 1 fully saturated rings. The second kappa shape index (κ2) is 5.45. The second-order valence-corrected chi connectivity index (χ2v) is 4.59. The fourth-order valence-corrected chi connectivity index (χ4v) is 2.13. The zero-order chi connectivity index (χ0) is 13.1. The van der Waals surface area contributed by atoms with Crippen LogP contribution in [0.1, 0.15) is 31.6 Å². The minimum absolute atomic E-state index is 0.00545. The van der Waals surface area contributed by atoms with Crippen LogP contribution in [0.4, 0.5) is 0 Å². The van der Waals surface area contributed by atoms with E-state index in [1.54, 1.807) is 10.9 Å². The van der Waals surface area contributed by atoms with Crippen molar-refractivity contribution in [3.05, 3.63) is 12.2 Å². The van der Waals surface area contributed by atoms with Crippen LogP contribution < -0.4 is 11.1 Å².